The number of fused-ring (bicyclic) bond motifs is 3. The van der Waals surface area contributed by atoms with Crippen LogP contribution in [0.1, 0.15) is 164 Å². The van der Waals surface area contributed by atoms with Crippen LogP contribution >= 0.6 is 0 Å². The molecule has 3 aliphatic rings. The predicted molar refractivity (Wildman–Crippen MR) is 193 cm³/mol. The molecule has 2 saturated heterocycles. The zero-order valence-electron chi connectivity index (χ0n) is 30.6. The molecule has 0 saturated carbocycles. The van der Waals surface area contributed by atoms with E-state index in [2.05, 4.69) is 157 Å². The maximum Gasteiger partial charge on any atom is 0.0732 e. The molecular weight excluding hydrogens is 537 g/mol. The maximum absolute atomic E-state index is 2.99. The largest absolute Gasteiger partial charge is 0.362 e. The van der Waals surface area contributed by atoms with Gasteiger partial charge >= 0.3 is 0 Å². The Bertz CT molecular complexity index is 1420. The normalized spacial score (nSPS) is 26.4. The van der Waals surface area contributed by atoms with Gasteiger partial charge in [-0.2, -0.15) is 0 Å². The van der Waals surface area contributed by atoms with Gasteiger partial charge in [-0.05, 0) is 86.0 Å². The van der Waals surface area contributed by atoms with E-state index in [0.717, 1.165) is 0 Å². The van der Waals surface area contributed by atoms with Gasteiger partial charge in [-0.1, -0.05) is 119 Å². The first-order chi connectivity index (χ1) is 19.6. The SMILES string of the molecule is CC(C)c1cccc(C(C)C)c1N1/C(=[Si]2/[C@@H]3N(c4c(C(C)C)cccc4C2(C)C)C(C)(C)CC3(C)C)C(C)(C)CC1(C)C. The summed E-state index contributed by atoms with van der Waals surface area (Å²) in [6.45, 7) is 40.1. The summed E-state index contributed by atoms with van der Waals surface area (Å²) in [5.41, 5.74) is 10.2. The van der Waals surface area contributed by atoms with Gasteiger partial charge in [0, 0.05) is 43.9 Å². The van der Waals surface area contributed by atoms with Crippen LogP contribution in [0.3, 0.4) is 0 Å². The lowest BCUT2D eigenvalue weighted by Gasteiger charge is -2.54. The summed E-state index contributed by atoms with van der Waals surface area (Å²) >= 11 is 0. The summed E-state index contributed by atoms with van der Waals surface area (Å²) in [4.78, 5) is 5.95. The number of hydrogen-bond acceptors (Lipinski definition) is 2. The van der Waals surface area contributed by atoms with Gasteiger partial charge in [0.2, 0.25) is 0 Å². The molecule has 0 N–H and O–H groups in total. The van der Waals surface area contributed by atoms with Crippen molar-refractivity contribution >= 4 is 25.1 Å². The van der Waals surface area contributed by atoms with E-state index in [0.29, 0.717) is 23.4 Å². The van der Waals surface area contributed by atoms with Crippen molar-refractivity contribution in [1.29, 1.82) is 0 Å². The second-order valence-electron chi connectivity index (χ2n) is 18.3. The highest BCUT2D eigenvalue weighted by Crippen LogP contribution is 2.59. The fourth-order valence-electron chi connectivity index (χ4n) is 10.2. The average molecular weight is 599 g/mol. The highest BCUT2D eigenvalue weighted by molar-refractivity contribution is 6.78. The first kappa shape index (κ1) is 32.5. The lowest BCUT2D eigenvalue weighted by Crippen LogP contribution is -2.65. The Labute approximate surface area is 266 Å². The molecule has 1 atom stereocenters. The molecule has 0 bridgehead atoms. The Hall–Kier alpha value is -1.87. The Morgan fingerprint density at radius 3 is 1.58 bits per heavy atom. The van der Waals surface area contributed by atoms with E-state index in [4.69, 9.17) is 0 Å². The fraction of sp³-hybridized carbons (Fsp3) is 0.675. The molecule has 0 aliphatic carbocycles. The minimum Gasteiger partial charge on any atom is -0.362 e. The van der Waals surface area contributed by atoms with Gasteiger partial charge in [0.25, 0.3) is 0 Å². The van der Waals surface area contributed by atoms with Gasteiger partial charge in [0.05, 0.1) is 8.41 Å². The lowest BCUT2D eigenvalue weighted by molar-refractivity contribution is 0.353. The molecule has 3 aliphatic heterocycles. The lowest BCUT2D eigenvalue weighted by atomic mass is 9.85. The number of hydrogen-bond donors (Lipinski definition) is 0. The van der Waals surface area contributed by atoms with E-state index < -0.39 is 8.41 Å². The van der Waals surface area contributed by atoms with Crippen molar-refractivity contribution in [3.63, 3.8) is 0 Å². The molecule has 2 aromatic carbocycles. The van der Waals surface area contributed by atoms with Gasteiger partial charge in [-0.15, -0.1) is 0 Å². The summed E-state index contributed by atoms with van der Waals surface area (Å²) in [5.74, 6) is 1.44. The van der Waals surface area contributed by atoms with E-state index in [1.54, 1.807) is 16.5 Å². The zero-order chi connectivity index (χ0) is 32.2. The number of anilines is 2. The molecule has 2 fully saturated rings. The smallest absolute Gasteiger partial charge is 0.0732 e. The quantitative estimate of drug-likeness (QED) is 0.323. The molecule has 3 heterocycles. The van der Waals surface area contributed by atoms with E-state index in [1.807, 2.05) is 0 Å². The predicted octanol–water partition coefficient (Wildman–Crippen LogP) is 10.7. The maximum atomic E-state index is 2.99. The molecule has 2 aromatic rings. The molecule has 236 valence electrons. The van der Waals surface area contributed by atoms with E-state index in [9.17, 15) is 0 Å². The van der Waals surface area contributed by atoms with Crippen molar-refractivity contribution in [3.05, 3.63) is 58.7 Å². The number of rotatable bonds is 4. The summed E-state index contributed by atoms with van der Waals surface area (Å²) in [7, 11) is -1.19. The Balaban J connectivity index is 1.99. The fourth-order valence-corrected chi connectivity index (χ4v) is 15.3. The van der Waals surface area contributed by atoms with Crippen LogP contribution in [0.2, 0.25) is 0 Å². The third kappa shape index (κ3) is 4.81. The summed E-state index contributed by atoms with van der Waals surface area (Å²) < 4.78 is 0. The molecule has 2 nitrogen and oxygen atoms in total. The topological polar surface area (TPSA) is 6.48 Å². The molecule has 0 spiro atoms. The van der Waals surface area contributed by atoms with Gasteiger partial charge < -0.3 is 9.80 Å². The van der Waals surface area contributed by atoms with Crippen molar-refractivity contribution < 1.29 is 0 Å². The standard InChI is InChI=1S/C40H62N2Si/c1-25(2)28-19-17-20-29(26(3)4)32(28)41-34(36(7,8)23-38(41,11)12)43-35-37(9,10)24-39(13,14)42(35)33-30(27(5)6)21-18-22-31(33)40(43,15)16/h17-22,25-27,35H,23-24H2,1-16H3/b43-34-/t35-/m0/s1. The van der Waals surface area contributed by atoms with Gasteiger partial charge in [-0.3, -0.25) is 0 Å². The zero-order valence-corrected chi connectivity index (χ0v) is 31.6. The van der Waals surface area contributed by atoms with Crippen LogP contribution < -0.4 is 9.80 Å². The molecular formula is C40H62N2Si. The second-order valence-corrected chi connectivity index (χ2v) is 21.4. The molecule has 0 amide bonds. The molecule has 0 unspecified atom stereocenters. The van der Waals surface area contributed by atoms with Gasteiger partial charge in [-0.25, -0.2) is 0 Å². The van der Waals surface area contributed by atoms with Crippen LogP contribution in [-0.4, -0.2) is 30.4 Å². The van der Waals surface area contributed by atoms with Gasteiger partial charge in [0.1, 0.15) is 0 Å². The molecule has 0 aromatic heterocycles. The van der Waals surface area contributed by atoms with Crippen molar-refractivity contribution in [2.75, 3.05) is 9.80 Å². The van der Waals surface area contributed by atoms with Crippen LogP contribution in [-0.2, 0) is 5.04 Å². The van der Waals surface area contributed by atoms with E-state index in [1.165, 1.54) is 35.2 Å². The van der Waals surface area contributed by atoms with Crippen molar-refractivity contribution in [2.24, 2.45) is 10.8 Å². The van der Waals surface area contributed by atoms with Crippen LogP contribution in [0.15, 0.2) is 36.4 Å². The highest BCUT2D eigenvalue weighted by atomic mass is 28.2. The van der Waals surface area contributed by atoms with E-state index in [-0.39, 0.29) is 26.9 Å². The summed E-state index contributed by atoms with van der Waals surface area (Å²) in [5, 5.41) is 1.84. The number of benzene rings is 2. The Morgan fingerprint density at radius 2 is 1.09 bits per heavy atom. The number of nitrogens with zero attached hydrogens (tertiary/aromatic N) is 2. The minimum atomic E-state index is -1.19. The monoisotopic (exact) mass is 598 g/mol. The third-order valence-electron chi connectivity index (χ3n) is 11.3. The van der Waals surface area contributed by atoms with Crippen molar-refractivity contribution in [1.82, 2.24) is 0 Å². The third-order valence-corrected chi connectivity index (χ3v) is 15.9. The number of para-hydroxylation sites is 2. The van der Waals surface area contributed by atoms with Crippen LogP contribution in [0.5, 0.6) is 0 Å². The Kier molecular flexibility index (Phi) is 7.61. The molecule has 43 heavy (non-hydrogen) atoms. The minimum absolute atomic E-state index is 0.0321. The summed E-state index contributed by atoms with van der Waals surface area (Å²) in [6.07, 6.45) is 2.40. The highest BCUT2D eigenvalue weighted by Gasteiger charge is 2.62. The Morgan fingerprint density at radius 1 is 0.628 bits per heavy atom. The van der Waals surface area contributed by atoms with Crippen LogP contribution in [0.25, 0.3) is 0 Å². The molecule has 3 heteroatoms. The molecule has 0 radical (unpaired) electrons. The van der Waals surface area contributed by atoms with Crippen LogP contribution in [0, 0.1) is 10.8 Å². The average Bonchev–Trinajstić information content (AvgIpc) is 3.16. The molecule has 5 rings (SSSR count). The van der Waals surface area contributed by atoms with Crippen molar-refractivity contribution in [3.8, 4) is 0 Å². The van der Waals surface area contributed by atoms with E-state index >= 15 is 0 Å². The van der Waals surface area contributed by atoms with Crippen molar-refractivity contribution in [2.45, 2.75) is 163 Å². The second kappa shape index (κ2) is 10.1. The van der Waals surface area contributed by atoms with Crippen LogP contribution in [0.4, 0.5) is 11.4 Å². The summed E-state index contributed by atoms with van der Waals surface area (Å²) in [6, 6.07) is 14.5. The first-order valence-corrected chi connectivity index (χ1v) is 18.8. The van der Waals surface area contributed by atoms with Gasteiger partial charge in [0.15, 0.2) is 0 Å². The first-order valence-electron chi connectivity index (χ1n) is 17.2.